The first-order valence-electron chi connectivity index (χ1n) is 5.36. The lowest BCUT2D eigenvalue weighted by molar-refractivity contribution is 0.104. The lowest BCUT2D eigenvalue weighted by atomic mass is 10.1. The minimum absolute atomic E-state index is 0.0169. The van der Waals surface area contributed by atoms with Gasteiger partial charge in [0.25, 0.3) is 0 Å². The highest BCUT2D eigenvalue weighted by Gasteiger charge is 2.15. The molecule has 0 saturated heterocycles. The van der Waals surface area contributed by atoms with Gasteiger partial charge in [0.15, 0.2) is 0 Å². The van der Waals surface area contributed by atoms with E-state index in [0.29, 0.717) is 11.3 Å². The van der Waals surface area contributed by atoms with Gasteiger partial charge < -0.3 is 4.74 Å². The molecule has 0 N–H and O–H groups in total. The van der Waals surface area contributed by atoms with Crippen LogP contribution in [0.3, 0.4) is 0 Å². The number of aryl methyl sites for hydroxylation is 1. The average Bonchev–Trinajstić information content (AvgIpc) is 2.86. The third-order valence-corrected chi connectivity index (χ3v) is 3.50. The number of carbonyl (C=O) groups excluding carboxylic acids is 1. The van der Waals surface area contributed by atoms with Crippen LogP contribution >= 0.6 is 11.3 Å². The fourth-order valence-corrected chi connectivity index (χ4v) is 2.56. The molecule has 2 aromatic heterocycles. The van der Waals surface area contributed by atoms with E-state index in [4.69, 9.17) is 4.74 Å². The van der Waals surface area contributed by atoms with Gasteiger partial charge in [-0.15, -0.1) is 11.3 Å². The van der Waals surface area contributed by atoms with E-state index in [9.17, 15) is 4.79 Å². The number of carbonyl (C=O) groups is 1. The number of nitrogens with zero attached hydrogens (tertiary/aromatic N) is 1. The second kappa shape index (κ2) is 5.10. The number of aromatic nitrogens is 1. The third kappa shape index (κ3) is 2.36. The number of ether oxygens (including phenoxy) is 1. The summed E-state index contributed by atoms with van der Waals surface area (Å²) in [5.41, 5.74) is 1.66. The molecule has 0 radical (unpaired) electrons. The molecule has 0 amide bonds. The van der Waals surface area contributed by atoms with Crippen molar-refractivity contribution in [3.8, 4) is 5.75 Å². The Hall–Kier alpha value is -1.68. The first-order chi connectivity index (χ1) is 8.26. The highest BCUT2D eigenvalue weighted by Crippen LogP contribution is 2.22. The molecule has 17 heavy (non-hydrogen) atoms. The highest BCUT2D eigenvalue weighted by molar-refractivity contribution is 7.12. The summed E-state index contributed by atoms with van der Waals surface area (Å²) in [5, 5.41) is 1.94. The first kappa shape index (κ1) is 11.8. The quantitative estimate of drug-likeness (QED) is 0.780. The molecular formula is C13H13NO2S. The molecule has 88 valence electrons. The van der Waals surface area contributed by atoms with Crippen LogP contribution in [0.4, 0.5) is 0 Å². The summed E-state index contributed by atoms with van der Waals surface area (Å²) < 4.78 is 5.07. The molecule has 2 aromatic rings. The Kier molecular flexibility index (Phi) is 3.54. The van der Waals surface area contributed by atoms with Crippen LogP contribution in [-0.4, -0.2) is 17.9 Å². The monoisotopic (exact) mass is 247 g/mol. The van der Waals surface area contributed by atoms with Gasteiger partial charge in [-0.3, -0.25) is 9.78 Å². The predicted molar refractivity (Wildman–Crippen MR) is 67.9 cm³/mol. The van der Waals surface area contributed by atoms with Crippen molar-refractivity contribution >= 4 is 17.1 Å². The molecule has 0 saturated carbocycles. The van der Waals surface area contributed by atoms with Gasteiger partial charge >= 0.3 is 0 Å². The van der Waals surface area contributed by atoms with E-state index in [1.807, 2.05) is 18.4 Å². The van der Waals surface area contributed by atoms with Gasteiger partial charge in [-0.05, 0) is 29.5 Å². The van der Waals surface area contributed by atoms with Crippen LogP contribution in [0.5, 0.6) is 5.75 Å². The fraction of sp³-hybridized carbons (Fsp3) is 0.231. The van der Waals surface area contributed by atoms with Crippen LogP contribution in [0.25, 0.3) is 0 Å². The van der Waals surface area contributed by atoms with Gasteiger partial charge in [0.1, 0.15) is 5.75 Å². The molecule has 3 nitrogen and oxygen atoms in total. The molecule has 2 rings (SSSR count). The van der Waals surface area contributed by atoms with Crippen LogP contribution in [0.1, 0.15) is 27.7 Å². The summed E-state index contributed by atoms with van der Waals surface area (Å²) in [5.74, 6) is 0.619. The summed E-state index contributed by atoms with van der Waals surface area (Å²) in [6.07, 6.45) is 4.03. The number of rotatable bonds is 4. The van der Waals surface area contributed by atoms with Crippen LogP contribution in [0, 0.1) is 0 Å². The summed E-state index contributed by atoms with van der Waals surface area (Å²) in [4.78, 5) is 17.1. The third-order valence-electron chi connectivity index (χ3n) is 2.54. The summed E-state index contributed by atoms with van der Waals surface area (Å²) in [6.45, 7) is 2.04. The molecule has 0 unspecified atom stereocenters. The van der Waals surface area contributed by atoms with Gasteiger partial charge in [0.2, 0.25) is 5.78 Å². The van der Waals surface area contributed by atoms with Gasteiger partial charge in [-0.1, -0.05) is 6.92 Å². The summed E-state index contributed by atoms with van der Waals surface area (Å²) >= 11 is 1.47. The maximum Gasteiger partial charge on any atom is 0.204 e. The molecule has 0 aliphatic rings. The predicted octanol–water partition coefficient (Wildman–Crippen LogP) is 2.95. The molecule has 0 aliphatic carbocycles. The molecule has 0 bridgehead atoms. The van der Waals surface area contributed by atoms with Crippen molar-refractivity contribution in [1.82, 2.24) is 4.98 Å². The largest absolute Gasteiger partial charge is 0.495 e. The van der Waals surface area contributed by atoms with Crippen LogP contribution < -0.4 is 4.74 Å². The van der Waals surface area contributed by atoms with E-state index >= 15 is 0 Å². The maximum absolute atomic E-state index is 12.3. The molecule has 0 atom stereocenters. The Bertz CT molecular complexity index is 534. The minimum atomic E-state index is 0.0169. The Morgan fingerprint density at radius 2 is 2.29 bits per heavy atom. The molecule has 2 heterocycles. The van der Waals surface area contributed by atoms with Gasteiger partial charge in [0.05, 0.1) is 18.2 Å². The molecular weight excluding hydrogens is 234 g/mol. The van der Waals surface area contributed by atoms with Crippen molar-refractivity contribution in [2.24, 2.45) is 0 Å². The molecule has 0 aliphatic heterocycles. The minimum Gasteiger partial charge on any atom is -0.495 e. The average molecular weight is 247 g/mol. The molecule has 0 aromatic carbocycles. The van der Waals surface area contributed by atoms with Crippen LogP contribution in [-0.2, 0) is 6.42 Å². The Labute approximate surface area is 104 Å². The number of methoxy groups -OCH3 is 1. The zero-order valence-electron chi connectivity index (χ0n) is 9.77. The van der Waals surface area contributed by atoms with Crippen LogP contribution in [0.2, 0.25) is 0 Å². The number of pyridine rings is 1. The lowest BCUT2D eigenvalue weighted by Crippen LogP contribution is -2.02. The van der Waals surface area contributed by atoms with E-state index < -0.39 is 0 Å². The number of hydrogen-bond acceptors (Lipinski definition) is 4. The van der Waals surface area contributed by atoms with E-state index in [-0.39, 0.29) is 5.78 Å². The van der Waals surface area contributed by atoms with Crippen molar-refractivity contribution in [3.05, 3.63) is 45.9 Å². The normalized spacial score (nSPS) is 10.2. The Morgan fingerprint density at radius 3 is 3.00 bits per heavy atom. The Balaban J connectivity index is 2.36. The number of ketones is 1. The second-order valence-corrected chi connectivity index (χ2v) is 4.49. The van der Waals surface area contributed by atoms with Crippen LogP contribution in [0.15, 0.2) is 29.9 Å². The standard InChI is InChI=1S/C13H13NO2S/c1-3-9-4-5-17-13(9)12(15)10-6-11(16-2)8-14-7-10/h4-8H,3H2,1-2H3. The molecule has 0 fully saturated rings. The zero-order valence-corrected chi connectivity index (χ0v) is 10.6. The molecule has 4 heteroatoms. The van der Waals surface area contributed by atoms with E-state index in [0.717, 1.165) is 16.9 Å². The first-order valence-corrected chi connectivity index (χ1v) is 6.24. The second-order valence-electron chi connectivity index (χ2n) is 3.57. The van der Waals surface area contributed by atoms with E-state index in [1.165, 1.54) is 11.3 Å². The fourth-order valence-electron chi connectivity index (χ4n) is 1.60. The zero-order chi connectivity index (χ0) is 12.3. The van der Waals surface area contributed by atoms with Crippen molar-refractivity contribution in [2.75, 3.05) is 7.11 Å². The number of hydrogen-bond donors (Lipinski definition) is 0. The van der Waals surface area contributed by atoms with Crippen molar-refractivity contribution < 1.29 is 9.53 Å². The summed E-state index contributed by atoms with van der Waals surface area (Å²) in [7, 11) is 1.56. The van der Waals surface area contributed by atoms with Gasteiger partial charge in [-0.2, -0.15) is 0 Å². The van der Waals surface area contributed by atoms with Crippen molar-refractivity contribution in [1.29, 1.82) is 0 Å². The van der Waals surface area contributed by atoms with E-state index in [1.54, 1.807) is 25.6 Å². The highest BCUT2D eigenvalue weighted by atomic mass is 32.1. The molecule has 0 spiro atoms. The summed E-state index contributed by atoms with van der Waals surface area (Å²) in [6, 6.07) is 3.71. The SMILES string of the molecule is CCc1ccsc1C(=O)c1cncc(OC)c1. The number of thiophene rings is 1. The maximum atomic E-state index is 12.3. The van der Waals surface area contributed by atoms with Gasteiger partial charge in [0, 0.05) is 11.8 Å². The Morgan fingerprint density at radius 1 is 1.47 bits per heavy atom. The topological polar surface area (TPSA) is 39.2 Å². The van der Waals surface area contributed by atoms with E-state index in [2.05, 4.69) is 4.98 Å². The lowest BCUT2D eigenvalue weighted by Gasteiger charge is -2.03. The van der Waals surface area contributed by atoms with Crippen molar-refractivity contribution in [2.45, 2.75) is 13.3 Å². The van der Waals surface area contributed by atoms with Crippen molar-refractivity contribution in [3.63, 3.8) is 0 Å². The smallest absolute Gasteiger partial charge is 0.204 e. The van der Waals surface area contributed by atoms with Gasteiger partial charge in [-0.25, -0.2) is 0 Å².